The highest BCUT2D eigenvalue weighted by atomic mass is 35.5. The number of aromatic carboxylic acids is 1. The van der Waals surface area contributed by atoms with Gasteiger partial charge in [0.25, 0.3) is 0 Å². The Kier molecular flexibility index (Phi) is 3.28. The van der Waals surface area contributed by atoms with Crippen molar-refractivity contribution in [1.29, 1.82) is 0 Å². The maximum atomic E-state index is 13.3. The average Bonchev–Trinajstić information content (AvgIpc) is 2.68. The van der Waals surface area contributed by atoms with Crippen LogP contribution in [0.1, 0.15) is 16.2 Å². The number of benzene rings is 1. The molecule has 0 aliphatic heterocycles. The third-order valence-corrected chi connectivity index (χ3v) is 2.87. The molecule has 1 N–H and O–H groups in total. The first-order valence-electron chi connectivity index (χ1n) is 4.85. The van der Waals surface area contributed by atoms with Crippen molar-refractivity contribution in [2.45, 2.75) is 6.92 Å². The Morgan fingerprint density at radius 3 is 2.33 bits per heavy atom. The number of hydrogen-bond donors (Lipinski definition) is 1. The largest absolute Gasteiger partial charge is 0.476 e. The lowest BCUT2D eigenvalue weighted by atomic mass is 10.3. The predicted molar refractivity (Wildman–Crippen MR) is 65.2 cm³/mol. The van der Waals surface area contributed by atoms with Crippen LogP contribution >= 0.6 is 23.2 Å². The van der Waals surface area contributed by atoms with Gasteiger partial charge in [0.05, 0.1) is 15.7 Å². The summed E-state index contributed by atoms with van der Waals surface area (Å²) in [6.07, 6.45) is 0. The van der Waals surface area contributed by atoms with Gasteiger partial charge < -0.3 is 5.11 Å². The van der Waals surface area contributed by atoms with Crippen molar-refractivity contribution in [3.63, 3.8) is 0 Å². The lowest BCUT2D eigenvalue weighted by Gasteiger charge is -2.06. The first kappa shape index (κ1) is 12.9. The van der Waals surface area contributed by atoms with Crippen LogP contribution in [0.2, 0.25) is 10.0 Å². The molecule has 0 aliphatic rings. The summed E-state index contributed by atoms with van der Waals surface area (Å²) in [7, 11) is 0. The highest BCUT2D eigenvalue weighted by Gasteiger charge is 2.14. The normalized spacial score (nSPS) is 10.7. The van der Waals surface area contributed by atoms with Gasteiger partial charge in [-0.05, 0) is 25.1 Å². The molecule has 0 atom stereocenters. The molecule has 2 rings (SSSR count). The van der Waals surface area contributed by atoms with Crippen LogP contribution in [0.25, 0.3) is 5.69 Å². The molecule has 0 saturated heterocycles. The number of rotatable bonds is 2. The molecule has 0 amide bonds. The maximum absolute atomic E-state index is 13.3. The van der Waals surface area contributed by atoms with Crippen LogP contribution in [0.4, 0.5) is 4.39 Å². The van der Waals surface area contributed by atoms with Gasteiger partial charge in [-0.1, -0.05) is 23.2 Å². The van der Waals surface area contributed by atoms with Crippen molar-refractivity contribution < 1.29 is 14.3 Å². The summed E-state index contributed by atoms with van der Waals surface area (Å²) in [6.45, 7) is 1.67. The molecule has 0 fully saturated rings. The molecule has 7 heteroatoms. The molecule has 0 saturated carbocycles. The number of halogens is 3. The van der Waals surface area contributed by atoms with Gasteiger partial charge in [0, 0.05) is 5.69 Å². The van der Waals surface area contributed by atoms with Gasteiger partial charge in [-0.25, -0.2) is 13.9 Å². The Labute approximate surface area is 112 Å². The second kappa shape index (κ2) is 4.59. The summed E-state index contributed by atoms with van der Waals surface area (Å²) in [6, 6.07) is 4.05. The highest BCUT2D eigenvalue weighted by molar-refractivity contribution is 6.35. The van der Waals surface area contributed by atoms with E-state index >= 15 is 0 Å². The summed E-state index contributed by atoms with van der Waals surface area (Å²) in [4.78, 5) is 10.8. The minimum atomic E-state index is -1.14. The molecule has 94 valence electrons. The van der Waals surface area contributed by atoms with E-state index in [-0.39, 0.29) is 15.7 Å². The number of hydrogen-bond acceptors (Lipinski definition) is 2. The third kappa shape index (κ3) is 2.19. The molecule has 1 aromatic carbocycles. The summed E-state index contributed by atoms with van der Waals surface area (Å²) in [5.74, 6) is -1.86. The quantitative estimate of drug-likeness (QED) is 0.863. The van der Waals surface area contributed by atoms with E-state index < -0.39 is 11.8 Å². The molecule has 18 heavy (non-hydrogen) atoms. The Morgan fingerprint density at radius 1 is 1.33 bits per heavy atom. The van der Waals surface area contributed by atoms with Crippen molar-refractivity contribution in [3.05, 3.63) is 45.4 Å². The highest BCUT2D eigenvalue weighted by Crippen LogP contribution is 2.27. The van der Waals surface area contributed by atoms with Gasteiger partial charge in [-0.3, -0.25) is 0 Å². The summed E-state index contributed by atoms with van der Waals surface area (Å²) < 4.78 is 14.6. The molecule has 0 unspecified atom stereocenters. The van der Waals surface area contributed by atoms with Crippen molar-refractivity contribution in [3.8, 4) is 5.69 Å². The van der Waals surface area contributed by atoms with Crippen molar-refractivity contribution in [1.82, 2.24) is 9.78 Å². The third-order valence-electron chi connectivity index (χ3n) is 2.32. The van der Waals surface area contributed by atoms with E-state index in [0.29, 0.717) is 11.4 Å². The van der Waals surface area contributed by atoms with E-state index in [0.717, 1.165) is 0 Å². The van der Waals surface area contributed by atoms with Crippen LogP contribution in [0.3, 0.4) is 0 Å². The van der Waals surface area contributed by atoms with Crippen LogP contribution in [0.5, 0.6) is 0 Å². The number of carboxylic acid groups (broad SMARTS) is 1. The Bertz CT molecular complexity index is 617. The fraction of sp³-hybridized carbons (Fsp3) is 0.0909. The van der Waals surface area contributed by atoms with Gasteiger partial charge in [-0.15, -0.1) is 0 Å². The number of carbonyl (C=O) groups is 1. The molecule has 1 aromatic heterocycles. The summed E-state index contributed by atoms with van der Waals surface area (Å²) in [5.41, 5.74) is 0.867. The number of aromatic nitrogens is 2. The van der Waals surface area contributed by atoms with Crippen LogP contribution in [-0.4, -0.2) is 20.9 Å². The van der Waals surface area contributed by atoms with Crippen LogP contribution in [0.15, 0.2) is 18.2 Å². The summed E-state index contributed by atoms with van der Waals surface area (Å²) in [5, 5.41) is 12.4. The molecule has 0 aliphatic carbocycles. The molecule has 0 radical (unpaired) electrons. The van der Waals surface area contributed by atoms with Crippen molar-refractivity contribution >= 4 is 29.2 Å². The second-order valence-corrected chi connectivity index (χ2v) is 4.43. The second-order valence-electron chi connectivity index (χ2n) is 3.61. The van der Waals surface area contributed by atoms with Gasteiger partial charge in [-0.2, -0.15) is 5.10 Å². The zero-order valence-electron chi connectivity index (χ0n) is 9.12. The Hall–Kier alpha value is -1.59. The molecule has 0 bridgehead atoms. The Morgan fingerprint density at radius 2 is 1.89 bits per heavy atom. The fourth-order valence-electron chi connectivity index (χ4n) is 1.50. The van der Waals surface area contributed by atoms with Crippen LogP contribution in [0, 0.1) is 12.7 Å². The van der Waals surface area contributed by atoms with E-state index in [1.165, 1.54) is 22.9 Å². The lowest BCUT2D eigenvalue weighted by Crippen LogP contribution is -2.02. The predicted octanol–water partition coefficient (Wildman–Crippen LogP) is 3.32. The SMILES string of the molecule is Cc1cc(C(=O)O)nn1-c1cc(Cl)c(F)c(Cl)c1. The molecule has 0 spiro atoms. The van der Waals surface area contributed by atoms with E-state index in [9.17, 15) is 9.18 Å². The molecular weight excluding hydrogens is 282 g/mol. The average molecular weight is 289 g/mol. The summed E-state index contributed by atoms with van der Waals surface area (Å²) >= 11 is 11.3. The minimum Gasteiger partial charge on any atom is -0.476 e. The molecule has 1 heterocycles. The van der Waals surface area contributed by atoms with Crippen molar-refractivity contribution in [2.24, 2.45) is 0 Å². The van der Waals surface area contributed by atoms with Crippen LogP contribution < -0.4 is 0 Å². The zero-order valence-corrected chi connectivity index (χ0v) is 10.6. The smallest absolute Gasteiger partial charge is 0.356 e. The van der Waals surface area contributed by atoms with Gasteiger partial charge in [0.2, 0.25) is 0 Å². The zero-order chi connectivity index (χ0) is 13.4. The molecule has 4 nitrogen and oxygen atoms in total. The van der Waals surface area contributed by atoms with E-state index in [4.69, 9.17) is 28.3 Å². The first-order chi connectivity index (χ1) is 8.40. The number of nitrogens with zero attached hydrogens (tertiary/aromatic N) is 2. The monoisotopic (exact) mass is 288 g/mol. The maximum Gasteiger partial charge on any atom is 0.356 e. The van der Waals surface area contributed by atoms with E-state index in [1.54, 1.807) is 6.92 Å². The molecule has 2 aromatic rings. The van der Waals surface area contributed by atoms with E-state index in [1.807, 2.05) is 0 Å². The molecular formula is C11H7Cl2FN2O2. The van der Waals surface area contributed by atoms with Gasteiger partial charge >= 0.3 is 5.97 Å². The van der Waals surface area contributed by atoms with E-state index in [2.05, 4.69) is 5.10 Å². The first-order valence-corrected chi connectivity index (χ1v) is 5.60. The Balaban J connectivity index is 2.58. The number of carboxylic acids is 1. The van der Waals surface area contributed by atoms with Gasteiger partial charge in [0.15, 0.2) is 11.5 Å². The van der Waals surface area contributed by atoms with Crippen LogP contribution in [-0.2, 0) is 0 Å². The fourth-order valence-corrected chi connectivity index (χ4v) is 1.98. The minimum absolute atomic E-state index is 0.107. The topological polar surface area (TPSA) is 55.1 Å². The number of aryl methyl sites for hydroxylation is 1. The standard InChI is InChI=1S/C11H7Cl2FN2O2/c1-5-2-9(11(17)18)15-16(5)6-3-7(12)10(14)8(13)4-6/h2-4H,1H3,(H,17,18). The van der Waals surface area contributed by atoms with Crippen molar-refractivity contribution in [2.75, 3.05) is 0 Å². The lowest BCUT2D eigenvalue weighted by molar-refractivity contribution is 0.0690. The van der Waals surface area contributed by atoms with Gasteiger partial charge in [0.1, 0.15) is 0 Å².